The lowest BCUT2D eigenvalue weighted by atomic mass is 10.2. The summed E-state index contributed by atoms with van der Waals surface area (Å²) >= 11 is 7.32. The third-order valence-electron chi connectivity index (χ3n) is 4.09. The number of carbonyl (C=O) groups is 1. The number of methoxy groups -OCH3 is 1. The molecule has 0 saturated carbocycles. The number of ether oxygens (including phenoxy) is 1. The Bertz CT molecular complexity index is 944. The van der Waals surface area contributed by atoms with Crippen LogP contribution < -0.4 is 10.1 Å². The number of rotatable bonds is 8. The van der Waals surface area contributed by atoms with Crippen LogP contribution >= 0.6 is 23.4 Å². The van der Waals surface area contributed by atoms with Crippen molar-refractivity contribution in [2.75, 3.05) is 12.9 Å². The minimum Gasteiger partial charge on any atom is -0.497 e. The fourth-order valence-electron chi connectivity index (χ4n) is 2.66. The molecule has 3 aromatic rings. The summed E-state index contributed by atoms with van der Waals surface area (Å²) in [6, 6.07) is 15.1. The van der Waals surface area contributed by atoms with Gasteiger partial charge in [0.2, 0.25) is 5.91 Å². The SMILES string of the molecule is CCn1c(SCC(=O)NCc2cccc(OC)c2)nnc1-c1ccc(Cl)cc1. The lowest BCUT2D eigenvalue weighted by Crippen LogP contribution is -2.24. The number of nitrogens with zero attached hydrogens (tertiary/aromatic N) is 3. The van der Waals surface area contributed by atoms with Crippen molar-refractivity contribution in [2.45, 2.75) is 25.2 Å². The van der Waals surface area contributed by atoms with Crippen molar-refractivity contribution >= 4 is 29.3 Å². The standard InChI is InChI=1S/C20H21ClN4O2S/c1-3-25-19(15-7-9-16(21)10-8-15)23-24-20(25)28-13-18(26)22-12-14-5-4-6-17(11-14)27-2/h4-11H,3,12-13H2,1-2H3,(H,22,26). The van der Waals surface area contributed by atoms with E-state index in [1.807, 2.05) is 60.0 Å². The molecular weight excluding hydrogens is 396 g/mol. The lowest BCUT2D eigenvalue weighted by Gasteiger charge is -2.08. The van der Waals surface area contributed by atoms with E-state index >= 15 is 0 Å². The fraction of sp³-hybridized carbons (Fsp3) is 0.250. The van der Waals surface area contributed by atoms with Gasteiger partial charge >= 0.3 is 0 Å². The summed E-state index contributed by atoms with van der Waals surface area (Å²) in [5.74, 6) is 1.74. The van der Waals surface area contributed by atoms with Crippen molar-refractivity contribution in [1.82, 2.24) is 20.1 Å². The average Bonchev–Trinajstić information content (AvgIpc) is 3.14. The van der Waals surface area contributed by atoms with E-state index < -0.39 is 0 Å². The van der Waals surface area contributed by atoms with Gasteiger partial charge < -0.3 is 14.6 Å². The highest BCUT2D eigenvalue weighted by Gasteiger charge is 2.14. The van der Waals surface area contributed by atoms with Gasteiger partial charge in [0.15, 0.2) is 11.0 Å². The molecule has 146 valence electrons. The van der Waals surface area contributed by atoms with Crippen LogP contribution in [0.4, 0.5) is 0 Å². The summed E-state index contributed by atoms with van der Waals surface area (Å²) in [4.78, 5) is 12.2. The summed E-state index contributed by atoms with van der Waals surface area (Å²) in [7, 11) is 1.62. The Balaban J connectivity index is 1.59. The Morgan fingerprint density at radius 1 is 1.21 bits per heavy atom. The molecule has 0 aliphatic rings. The van der Waals surface area contributed by atoms with Crippen LogP contribution in [0, 0.1) is 0 Å². The Morgan fingerprint density at radius 2 is 2.00 bits per heavy atom. The fourth-order valence-corrected chi connectivity index (χ4v) is 3.62. The zero-order chi connectivity index (χ0) is 19.9. The average molecular weight is 417 g/mol. The smallest absolute Gasteiger partial charge is 0.230 e. The Hall–Kier alpha value is -2.51. The van der Waals surface area contributed by atoms with Crippen LogP contribution in [-0.4, -0.2) is 33.5 Å². The predicted octanol–water partition coefficient (Wildman–Crippen LogP) is 4.04. The molecule has 0 aliphatic carbocycles. The zero-order valence-corrected chi connectivity index (χ0v) is 17.3. The van der Waals surface area contributed by atoms with Crippen molar-refractivity contribution in [3.05, 3.63) is 59.1 Å². The predicted molar refractivity (Wildman–Crippen MR) is 112 cm³/mol. The van der Waals surface area contributed by atoms with Crippen molar-refractivity contribution in [3.8, 4) is 17.1 Å². The lowest BCUT2D eigenvalue weighted by molar-refractivity contribution is -0.118. The van der Waals surface area contributed by atoms with Crippen LogP contribution in [0.1, 0.15) is 12.5 Å². The van der Waals surface area contributed by atoms with E-state index in [0.29, 0.717) is 23.3 Å². The Kier molecular flexibility index (Phi) is 6.95. The zero-order valence-electron chi connectivity index (χ0n) is 15.7. The van der Waals surface area contributed by atoms with E-state index in [1.165, 1.54) is 11.8 Å². The second-order valence-electron chi connectivity index (χ2n) is 5.97. The van der Waals surface area contributed by atoms with Crippen LogP contribution in [0.25, 0.3) is 11.4 Å². The highest BCUT2D eigenvalue weighted by atomic mass is 35.5. The van der Waals surface area contributed by atoms with Crippen molar-refractivity contribution in [2.24, 2.45) is 0 Å². The van der Waals surface area contributed by atoms with E-state index in [2.05, 4.69) is 15.5 Å². The molecule has 0 aliphatic heterocycles. The van der Waals surface area contributed by atoms with Crippen molar-refractivity contribution in [3.63, 3.8) is 0 Å². The molecule has 1 aromatic heterocycles. The number of amides is 1. The van der Waals surface area contributed by atoms with E-state index in [4.69, 9.17) is 16.3 Å². The number of hydrogen-bond acceptors (Lipinski definition) is 5. The normalized spacial score (nSPS) is 10.7. The van der Waals surface area contributed by atoms with Gasteiger partial charge in [-0.15, -0.1) is 10.2 Å². The monoisotopic (exact) mass is 416 g/mol. The number of benzene rings is 2. The maximum absolute atomic E-state index is 12.2. The molecule has 8 heteroatoms. The molecular formula is C20H21ClN4O2S. The molecule has 0 saturated heterocycles. The van der Waals surface area contributed by atoms with E-state index in [9.17, 15) is 4.79 Å². The molecule has 0 unspecified atom stereocenters. The molecule has 0 spiro atoms. The third kappa shape index (κ3) is 5.05. The minimum absolute atomic E-state index is 0.0634. The quantitative estimate of drug-likeness (QED) is 0.561. The minimum atomic E-state index is -0.0634. The van der Waals surface area contributed by atoms with Crippen molar-refractivity contribution < 1.29 is 9.53 Å². The number of halogens is 1. The van der Waals surface area contributed by atoms with E-state index in [1.54, 1.807) is 7.11 Å². The maximum Gasteiger partial charge on any atom is 0.230 e. The van der Waals surface area contributed by atoms with Gasteiger partial charge in [0.05, 0.1) is 12.9 Å². The van der Waals surface area contributed by atoms with Gasteiger partial charge in [0.25, 0.3) is 0 Å². The van der Waals surface area contributed by atoms with Crippen LogP contribution in [-0.2, 0) is 17.9 Å². The van der Waals surface area contributed by atoms with Gasteiger partial charge in [-0.05, 0) is 48.9 Å². The summed E-state index contributed by atoms with van der Waals surface area (Å²) in [6.07, 6.45) is 0. The van der Waals surface area contributed by atoms with Crippen LogP contribution in [0.3, 0.4) is 0 Å². The molecule has 28 heavy (non-hydrogen) atoms. The van der Waals surface area contributed by atoms with Gasteiger partial charge in [0.1, 0.15) is 5.75 Å². The second kappa shape index (κ2) is 9.61. The number of carbonyl (C=O) groups excluding carboxylic acids is 1. The Morgan fingerprint density at radius 3 is 2.71 bits per heavy atom. The number of thioether (sulfide) groups is 1. The largest absolute Gasteiger partial charge is 0.497 e. The molecule has 3 rings (SSSR count). The first-order valence-electron chi connectivity index (χ1n) is 8.82. The molecule has 0 radical (unpaired) electrons. The summed E-state index contributed by atoms with van der Waals surface area (Å²) in [5.41, 5.74) is 1.92. The van der Waals surface area contributed by atoms with Gasteiger partial charge in [0, 0.05) is 23.7 Å². The Labute approximate surface area is 173 Å². The molecule has 1 heterocycles. The molecule has 1 amide bonds. The second-order valence-corrected chi connectivity index (χ2v) is 7.35. The summed E-state index contributed by atoms with van der Waals surface area (Å²) < 4.78 is 7.19. The summed E-state index contributed by atoms with van der Waals surface area (Å²) in [5, 5.41) is 12.8. The molecule has 1 N–H and O–H groups in total. The van der Waals surface area contributed by atoms with E-state index in [0.717, 1.165) is 22.7 Å². The topological polar surface area (TPSA) is 69.0 Å². The van der Waals surface area contributed by atoms with Gasteiger partial charge in [-0.3, -0.25) is 4.79 Å². The summed E-state index contributed by atoms with van der Waals surface area (Å²) in [6.45, 7) is 3.18. The molecule has 6 nitrogen and oxygen atoms in total. The molecule has 0 bridgehead atoms. The van der Waals surface area contributed by atoms with Crippen LogP contribution in [0.5, 0.6) is 5.75 Å². The van der Waals surface area contributed by atoms with Gasteiger partial charge in [-0.2, -0.15) is 0 Å². The number of nitrogens with one attached hydrogen (secondary N) is 1. The highest BCUT2D eigenvalue weighted by Crippen LogP contribution is 2.25. The molecule has 0 fully saturated rings. The first-order chi connectivity index (χ1) is 13.6. The van der Waals surface area contributed by atoms with Gasteiger partial charge in [-0.25, -0.2) is 0 Å². The first-order valence-corrected chi connectivity index (χ1v) is 10.2. The molecule has 0 atom stereocenters. The third-order valence-corrected chi connectivity index (χ3v) is 5.31. The van der Waals surface area contributed by atoms with Crippen LogP contribution in [0.15, 0.2) is 53.7 Å². The first kappa shape index (κ1) is 20.2. The maximum atomic E-state index is 12.2. The number of aromatic nitrogens is 3. The van der Waals surface area contributed by atoms with Crippen molar-refractivity contribution in [1.29, 1.82) is 0 Å². The van der Waals surface area contributed by atoms with Crippen LogP contribution in [0.2, 0.25) is 5.02 Å². The van der Waals surface area contributed by atoms with E-state index in [-0.39, 0.29) is 11.7 Å². The molecule has 2 aromatic carbocycles. The number of hydrogen-bond donors (Lipinski definition) is 1. The highest BCUT2D eigenvalue weighted by molar-refractivity contribution is 7.99. The van der Waals surface area contributed by atoms with Gasteiger partial charge in [-0.1, -0.05) is 35.5 Å².